The van der Waals surface area contributed by atoms with Crippen LogP contribution in [-0.4, -0.2) is 24.5 Å². The Morgan fingerprint density at radius 3 is 2.78 bits per heavy atom. The molecule has 1 heterocycles. The van der Waals surface area contributed by atoms with Crippen molar-refractivity contribution in [2.24, 2.45) is 0 Å². The summed E-state index contributed by atoms with van der Waals surface area (Å²) in [6.07, 6.45) is 1.17. The Labute approximate surface area is 133 Å². The fourth-order valence-corrected chi connectivity index (χ4v) is 2.84. The van der Waals surface area contributed by atoms with Gasteiger partial charge in [0, 0.05) is 12.7 Å². The molecule has 1 aromatic heterocycles. The number of nitrogens with one attached hydrogen (secondary N) is 1. The molecule has 1 aromatic carbocycles. The summed E-state index contributed by atoms with van der Waals surface area (Å²) >= 11 is 0. The lowest BCUT2D eigenvalue weighted by atomic mass is 10.1. The smallest absolute Gasteiger partial charge is 0.335 e. The third-order valence-electron chi connectivity index (χ3n) is 3.13. The van der Waals surface area contributed by atoms with Crippen molar-refractivity contribution in [1.29, 1.82) is 5.26 Å². The van der Waals surface area contributed by atoms with Crippen molar-refractivity contribution < 1.29 is 18.3 Å². The average molecular weight is 331 g/mol. The molecule has 2 N–H and O–H groups in total. The van der Waals surface area contributed by atoms with E-state index in [0.29, 0.717) is 11.3 Å². The second-order valence-corrected chi connectivity index (χ2v) is 6.51. The van der Waals surface area contributed by atoms with Crippen LogP contribution in [0.5, 0.6) is 0 Å². The van der Waals surface area contributed by atoms with Gasteiger partial charge in [-0.05, 0) is 30.7 Å². The van der Waals surface area contributed by atoms with Crippen LogP contribution in [0.3, 0.4) is 0 Å². The molecule has 0 saturated heterocycles. The van der Waals surface area contributed by atoms with E-state index in [9.17, 15) is 13.2 Å². The first-order valence-corrected chi connectivity index (χ1v) is 8.00. The molecule has 8 heteroatoms. The first-order chi connectivity index (χ1) is 10.8. The number of benzene rings is 1. The van der Waals surface area contributed by atoms with Crippen molar-refractivity contribution in [3.8, 4) is 6.07 Å². The number of hydrogen-bond donors (Lipinski definition) is 2. The molecule has 2 aromatic rings. The molecular formula is C15H13N3O4S. The Bertz CT molecular complexity index is 901. The van der Waals surface area contributed by atoms with Gasteiger partial charge in [0.05, 0.1) is 16.8 Å². The lowest BCUT2D eigenvalue weighted by Gasteiger charge is -2.08. The summed E-state index contributed by atoms with van der Waals surface area (Å²) in [6.45, 7) is 1.54. The topological polar surface area (TPSA) is 120 Å². The van der Waals surface area contributed by atoms with Crippen LogP contribution >= 0.6 is 0 Å². The maximum Gasteiger partial charge on any atom is 0.335 e. The highest BCUT2D eigenvalue weighted by atomic mass is 32.2. The molecule has 0 radical (unpaired) electrons. The summed E-state index contributed by atoms with van der Waals surface area (Å²) in [4.78, 5) is 14.7. The van der Waals surface area contributed by atoms with Crippen molar-refractivity contribution in [2.75, 3.05) is 0 Å². The van der Waals surface area contributed by atoms with Crippen LogP contribution in [-0.2, 0) is 16.6 Å². The van der Waals surface area contributed by atoms with E-state index in [2.05, 4.69) is 9.71 Å². The highest BCUT2D eigenvalue weighted by Gasteiger charge is 2.16. The Kier molecular flexibility index (Phi) is 4.74. The van der Waals surface area contributed by atoms with Crippen LogP contribution in [0.4, 0.5) is 0 Å². The molecule has 0 aliphatic rings. The Morgan fingerprint density at radius 2 is 2.13 bits per heavy atom. The number of carbonyl (C=O) groups is 1. The molecule has 23 heavy (non-hydrogen) atoms. The lowest BCUT2D eigenvalue weighted by molar-refractivity contribution is 0.0696. The standard InChI is InChI=1S/C15H13N3O4S/c1-10-13(7-16)6-14(9-17-10)23(21,22)18-8-11-3-2-4-12(5-11)15(19)20/h2-6,9,18H,8H2,1H3,(H,19,20). The van der Waals surface area contributed by atoms with Crippen molar-refractivity contribution >= 4 is 16.0 Å². The number of aromatic carboxylic acids is 1. The minimum atomic E-state index is -3.85. The summed E-state index contributed by atoms with van der Waals surface area (Å²) in [5, 5.41) is 17.9. The molecule has 0 saturated carbocycles. The molecule has 7 nitrogen and oxygen atoms in total. The molecule has 0 aliphatic heterocycles. The van der Waals surface area contributed by atoms with Gasteiger partial charge < -0.3 is 5.11 Å². The van der Waals surface area contributed by atoms with E-state index in [0.717, 1.165) is 0 Å². The van der Waals surface area contributed by atoms with E-state index in [1.54, 1.807) is 13.0 Å². The molecule has 118 valence electrons. The maximum absolute atomic E-state index is 12.2. The van der Waals surface area contributed by atoms with Crippen molar-refractivity contribution in [3.63, 3.8) is 0 Å². The Morgan fingerprint density at radius 1 is 1.39 bits per heavy atom. The zero-order valence-corrected chi connectivity index (χ0v) is 13.0. The number of sulfonamides is 1. The molecule has 0 amide bonds. The van der Waals surface area contributed by atoms with Gasteiger partial charge in [-0.3, -0.25) is 4.98 Å². The Balaban J connectivity index is 2.21. The fraction of sp³-hybridized carbons (Fsp3) is 0.133. The molecule has 0 atom stereocenters. The third kappa shape index (κ3) is 3.91. The van der Waals surface area contributed by atoms with Crippen molar-refractivity contribution in [2.45, 2.75) is 18.4 Å². The minimum absolute atomic E-state index is 0.0702. The van der Waals surface area contributed by atoms with Gasteiger partial charge in [-0.1, -0.05) is 12.1 Å². The highest BCUT2D eigenvalue weighted by molar-refractivity contribution is 7.89. The van der Waals surface area contributed by atoms with E-state index >= 15 is 0 Å². The monoisotopic (exact) mass is 331 g/mol. The molecule has 0 bridgehead atoms. The number of nitrogens with zero attached hydrogens (tertiary/aromatic N) is 2. The number of aromatic nitrogens is 1. The van der Waals surface area contributed by atoms with E-state index in [1.165, 1.54) is 30.5 Å². The predicted octanol–water partition coefficient (Wildman–Crippen LogP) is 1.44. The van der Waals surface area contributed by atoms with Gasteiger partial charge in [0.25, 0.3) is 0 Å². The van der Waals surface area contributed by atoms with Gasteiger partial charge in [0.1, 0.15) is 11.0 Å². The maximum atomic E-state index is 12.2. The molecule has 2 rings (SSSR count). The first-order valence-electron chi connectivity index (χ1n) is 6.52. The normalized spacial score (nSPS) is 11.0. The summed E-state index contributed by atoms with van der Waals surface area (Å²) in [6, 6.07) is 9.09. The second kappa shape index (κ2) is 6.56. The fourth-order valence-electron chi connectivity index (χ4n) is 1.85. The second-order valence-electron chi connectivity index (χ2n) is 4.75. The van der Waals surface area contributed by atoms with E-state index in [1.807, 2.05) is 6.07 Å². The highest BCUT2D eigenvalue weighted by Crippen LogP contribution is 2.13. The van der Waals surface area contributed by atoms with Crippen LogP contribution in [0.1, 0.15) is 27.2 Å². The van der Waals surface area contributed by atoms with Gasteiger partial charge in [-0.2, -0.15) is 5.26 Å². The van der Waals surface area contributed by atoms with Crippen LogP contribution in [0.25, 0.3) is 0 Å². The van der Waals surface area contributed by atoms with Gasteiger partial charge in [-0.15, -0.1) is 0 Å². The van der Waals surface area contributed by atoms with Crippen molar-refractivity contribution in [3.05, 3.63) is 58.9 Å². The first kappa shape index (κ1) is 16.6. The van der Waals surface area contributed by atoms with Crippen molar-refractivity contribution in [1.82, 2.24) is 9.71 Å². The molecule has 0 spiro atoms. The quantitative estimate of drug-likeness (QED) is 0.855. The van der Waals surface area contributed by atoms with E-state index < -0.39 is 16.0 Å². The predicted molar refractivity (Wildman–Crippen MR) is 81.1 cm³/mol. The van der Waals surface area contributed by atoms with Gasteiger partial charge in [-0.25, -0.2) is 17.9 Å². The summed E-state index contributed by atoms with van der Waals surface area (Å²) < 4.78 is 26.8. The number of carboxylic acid groups (broad SMARTS) is 1. The summed E-state index contributed by atoms with van der Waals surface area (Å²) in [5.41, 5.74) is 1.21. The number of pyridine rings is 1. The zero-order chi connectivity index (χ0) is 17.0. The molecular weight excluding hydrogens is 318 g/mol. The minimum Gasteiger partial charge on any atom is -0.478 e. The van der Waals surface area contributed by atoms with E-state index in [-0.39, 0.29) is 22.6 Å². The number of rotatable bonds is 5. The molecule has 0 unspecified atom stereocenters. The van der Waals surface area contributed by atoms with Crippen LogP contribution in [0, 0.1) is 18.3 Å². The number of hydrogen-bond acceptors (Lipinski definition) is 5. The Hall–Kier alpha value is -2.76. The third-order valence-corrected chi connectivity index (χ3v) is 4.50. The average Bonchev–Trinajstić information content (AvgIpc) is 2.53. The lowest BCUT2D eigenvalue weighted by Crippen LogP contribution is -2.23. The number of carboxylic acids is 1. The SMILES string of the molecule is Cc1ncc(S(=O)(=O)NCc2cccc(C(=O)O)c2)cc1C#N. The van der Waals surface area contributed by atoms with Crippen LogP contribution < -0.4 is 4.72 Å². The van der Waals surface area contributed by atoms with Gasteiger partial charge >= 0.3 is 5.97 Å². The number of nitriles is 1. The van der Waals surface area contributed by atoms with E-state index in [4.69, 9.17) is 10.4 Å². The zero-order valence-electron chi connectivity index (χ0n) is 12.1. The van der Waals surface area contributed by atoms with Gasteiger partial charge in [0.2, 0.25) is 10.0 Å². The van der Waals surface area contributed by atoms with Crippen LogP contribution in [0.2, 0.25) is 0 Å². The largest absolute Gasteiger partial charge is 0.478 e. The molecule has 0 aliphatic carbocycles. The van der Waals surface area contributed by atoms with Gasteiger partial charge in [0.15, 0.2) is 0 Å². The summed E-state index contributed by atoms with van der Waals surface area (Å²) in [5.74, 6) is -1.09. The summed E-state index contributed by atoms with van der Waals surface area (Å²) in [7, 11) is -3.85. The number of aryl methyl sites for hydroxylation is 1. The molecule has 0 fully saturated rings. The van der Waals surface area contributed by atoms with Crippen LogP contribution in [0.15, 0.2) is 41.4 Å².